The van der Waals surface area contributed by atoms with Gasteiger partial charge >= 0.3 is 0 Å². The quantitative estimate of drug-likeness (QED) is 0.433. The van der Waals surface area contributed by atoms with E-state index in [-0.39, 0.29) is 5.84 Å². The summed E-state index contributed by atoms with van der Waals surface area (Å²) in [7, 11) is 0. The number of hydrogen-bond acceptors (Lipinski definition) is 3. The molecule has 0 saturated heterocycles. The summed E-state index contributed by atoms with van der Waals surface area (Å²) < 4.78 is 10.8. The largest absolute Gasteiger partial charge is 0.384 e. The molecule has 0 aromatic heterocycles. The Morgan fingerprint density at radius 3 is 2.61 bits per heavy atom. The minimum atomic E-state index is 0.0114. The first-order valence-electron chi connectivity index (χ1n) is 5.93. The van der Waals surface area contributed by atoms with Gasteiger partial charge < -0.3 is 15.2 Å². The molecule has 0 spiro atoms. The van der Waals surface area contributed by atoms with Crippen molar-refractivity contribution in [1.82, 2.24) is 0 Å². The zero-order valence-electron chi connectivity index (χ0n) is 10.5. The number of rotatable bonds is 8. The lowest BCUT2D eigenvalue weighted by Crippen LogP contribution is -2.11. The van der Waals surface area contributed by atoms with Crippen LogP contribution in [0.25, 0.3) is 0 Å². The number of amidine groups is 1. The van der Waals surface area contributed by atoms with Crippen LogP contribution in [-0.4, -0.2) is 25.7 Å². The number of halogens is 1. The van der Waals surface area contributed by atoms with Crippen molar-refractivity contribution in [3.8, 4) is 0 Å². The van der Waals surface area contributed by atoms with E-state index < -0.39 is 0 Å². The van der Waals surface area contributed by atoms with Gasteiger partial charge in [0.2, 0.25) is 0 Å². The van der Waals surface area contributed by atoms with Crippen molar-refractivity contribution in [2.45, 2.75) is 20.0 Å². The van der Waals surface area contributed by atoms with Crippen LogP contribution in [0.15, 0.2) is 18.2 Å². The molecule has 0 aliphatic rings. The lowest BCUT2D eigenvalue weighted by molar-refractivity contribution is 0.0408. The van der Waals surface area contributed by atoms with Crippen LogP contribution in [0.3, 0.4) is 0 Å². The minimum absolute atomic E-state index is 0.0114. The molecular formula is C13H19ClN2O2. The van der Waals surface area contributed by atoms with Gasteiger partial charge in [-0.25, -0.2) is 0 Å². The maximum atomic E-state index is 7.31. The van der Waals surface area contributed by atoms with Gasteiger partial charge in [-0.3, -0.25) is 5.41 Å². The monoisotopic (exact) mass is 270 g/mol. The zero-order valence-corrected chi connectivity index (χ0v) is 11.3. The Labute approximate surface area is 113 Å². The number of hydrogen-bond donors (Lipinski definition) is 2. The van der Waals surface area contributed by atoms with Gasteiger partial charge in [-0.15, -0.1) is 0 Å². The third kappa shape index (κ3) is 5.04. The summed E-state index contributed by atoms with van der Waals surface area (Å²) in [5.74, 6) is 0.0114. The van der Waals surface area contributed by atoms with Crippen LogP contribution < -0.4 is 5.73 Å². The standard InChI is InChI=1S/C13H19ClN2O2/c1-2-5-17-6-7-18-9-11-4-3-10(13(15)16)8-12(11)14/h3-4,8H,2,5-7,9H2,1H3,(H3,15,16). The SMILES string of the molecule is CCCOCCOCc1ccc(C(=N)N)cc1Cl. The molecule has 0 fully saturated rings. The molecule has 0 saturated carbocycles. The Kier molecular flexibility index (Phi) is 6.72. The second-order valence-corrected chi connectivity index (χ2v) is 4.29. The summed E-state index contributed by atoms with van der Waals surface area (Å²) in [4.78, 5) is 0. The predicted octanol–water partition coefficient (Wildman–Crippen LogP) is 2.57. The minimum Gasteiger partial charge on any atom is -0.384 e. The molecule has 18 heavy (non-hydrogen) atoms. The van der Waals surface area contributed by atoms with Crippen molar-refractivity contribution >= 4 is 17.4 Å². The van der Waals surface area contributed by atoms with Gasteiger partial charge in [0.15, 0.2) is 0 Å². The zero-order chi connectivity index (χ0) is 13.4. The average Bonchev–Trinajstić information content (AvgIpc) is 2.35. The Morgan fingerprint density at radius 2 is 2.00 bits per heavy atom. The van der Waals surface area contributed by atoms with E-state index >= 15 is 0 Å². The summed E-state index contributed by atoms with van der Waals surface area (Å²) >= 11 is 6.07. The first-order chi connectivity index (χ1) is 8.65. The average molecular weight is 271 g/mol. The fourth-order valence-electron chi connectivity index (χ4n) is 1.38. The van der Waals surface area contributed by atoms with Crippen molar-refractivity contribution in [1.29, 1.82) is 5.41 Å². The highest BCUT2D eigenvalue weighted by Gasteiger charge is 2.04. The summed E-state index contributed by atoms with van der Waals surface area (Å²) in [5.41, 5.74) is 6.88. The molecule has 0 aliphatic heterocycles. The topological polar surface area (TPSA) is 68.3 Å². The van der Waals surface area contributed by atoms with Crippen molar-refractivity contribution in [2.75, 3.05) is 19.8 Å². The first kappa shape index (κ1) is 15.0. The van der Waals surface area contributed by atoms with Gasteiger partial charge in [0, 0.05) is 17.2 Å². The summed E-state index contributed by atoms with van der Waals surface area (Å²) in [6.07, 6.45) is 1.01. The van der Waals surface area contributed by atoms with Gasteiger partial charge in [-0.1, -0.05) is 30.7 Å². The summed E-state index contributed by atoms with van der Waals surface area (Å²) in [6.45, 7) is 4.41. The van der Waals surface area contributed by atoms with Gasteiger partial charge in [0.1, 0.15) is 5.84 Å². The molecule has 3 N–H and O–H groups in total. The van der Waals surface area contributed by atoms with E-state index in [0.29, 0.717) is 30.4 Å². The molecular weight excluding hydrogens is 252 g/mol. The summed E-state index contributed by atoms with van der Waals surface area (Å²) in [5, 5.41) is 7.87. The molecule has 0 unspecified atom stereocenters. The fraction of sp³-hybridized carbons (Fsp3) is 0.462. The van der Waals surface area contributed by atoms with E-state index in [9.17, 15) is 0 Å². The Balaban J connectivity index is 2.36. The van der Waals surface area contributed by atoms with Crippen LogP contribution in [0.2, 0.25) is 5.02 Å². The molecule has 100 valence electrons. The molecule has 1 rings (SSSR count). The van der Waals surface area contributed by atoms with Crippen LogP contribution in [-0.2, 0) is 16.1 Å². The third-order valence-electron chi connectivity index (χ3n) is 2.34. The van der Waals surface area contributed by atoms with E-state index in [1.807, 2.05) is 6.07 Å². The first-order valence-corrected chi connectivity index (χ1v) is 6.31. The number of nitrogens with two attached hydrogens (primary N) is 1. The summed E-state index contributed by atoms with van der Waals surface area (Å²) in [6, 6.07) is 5.27. The number of nitrogen functional groups attached to an aromatic ring is 1. The van der Waals surface area contributed by atoms with Gasteiger partial charge in [0.25, 0.3) is 0 Å². The molecule has 0 atom stereocenters. The van der Waals surface area contributed by atoms with Crippen LogP contribution in [0.1, 0.15) is 24.5 Å². The second-order valence-electron chi connectivity index (χ2n) is 3.88. The maximum Gasteiger partial charge on any atom is 0.122 e. The molecule has 0 aliphatic carbocycles. The van der Waals surface area contributed by atoms with Crippen LogP contribution in [0.5, 0.6) is 0 Å². The molecule has 0 radical (unpaired) electrons. The van der Waals surface area contributed by atoms with E-state index in [2.05, 4.69) is 6.92 Å². The molecule has 5 heteroatoms. The second kappa shape index (κ2) is 8.08. The number of ether oxygens (including phenoxy) is 2. The van der Waals surface area contributed by atoms with Crippen LogP contribution in [0, 0.1) is 5.41 Å². The highest BCUT2D eigenvalue weighted by Crippen LogP contribution is 2.18. The molecule has 0 bridgehead atoms. The van der Waals surface area contributed by atoms with Gasteiger partial charge in [-0.05, 0) is 18.1 Å². The number of nitrogens with one attached hydrogen (secondary N) is 1. The van der Waals surface area contributed by atoms with Crippen molar-refractivity contribution in [3.63, 3.8) is 0 Å². The smallest absolute Gasteiger partial charge is 0.122 e. The van der Waals surface area contributed by atoms with E-state index in [1.165, 1.54) is 0 Å². The Hall–Kier alpha value is -1.10. The van der Waals surface area contributed by atoms with Crippen LogP contribution in [0.4, 0.5) is 0 Å². The normalized spacial score (nSPS) is 10.6. The maximum absolute atomic E-state index is 7.31. The van der Waals surface area contributed by atoms with Crippen molar-refractivity contribution in [2.24, 2.45) is 5.73 Å². The van der Waals surface area contributed by atoms with E-state index in [0.717, 1.165) is 18.6 Å². The van der Waals surface area contributed by atoms with Gasteiger partial charge in [-0.2, -0.15) is 0 Å². The predicted molar refractivity (Wildman–Crippen MR) is 73.2 cm³/mol. The highest BCUT2D eigenvalue weighted by molar-refractivity contribution is 6.31. The van der Waals surface area contributed by atoms with Crippen molar-refractivity contribution in [3.05, 3.63) is 34.3 Å². The molecule has 0 amide bonds. The number of benzene rings is 1. The van der Waals surface area contributed by atoms with Crippen molar-refractivity contribution < 1.29 is 9.47 Å². The van der Waals surface area contributed by atoms with E-state index in [4.69, 9.17) is 32.2 Å². The molecule has 4 nitrogen and oxygen atoms in total. The third-order valence-corrected chi connectivity index (χ3v) is 2.69. The molecule has 1 aromatic rings. The Bertz CT molecular complexity index is 397. The highest BCUT2D eigenvalue weighted by atomic mass is 35.5. The lowest BCUT2D eigenvalue weighted by Gasteiger charge is -2.08. The van der Waals surface area contributed by atoms with Crippen LogP contribution >= 0.6 is 11.6 Å². The van der Waals surface area contributed by atoms with Gasteiger partial charge in [0.05, 0.1) is 19.8 Å². The Morgan fingerprint density at radius 1 is 1.28 bits per heavy atom. The lowest BCUT2D eigenvalue weighted by atomic mass is 10.1. The molecule has 1 aromatic carbocycles. The van der Waals surface area contributed by atoms with E-state index in [1.54, 1.807) is 12.1 Å². The fourth-order valence-corrected chi connectivity index (χ4v) is 1.61. The molecule has 0 heterocycles.